The smallest absolute Gasteiger partial charge is 0.334 e. The van der Waals surface area contributed by atoms with Gasteiger partial charge in [0.15, 0.2) is 17.6 Å². The van der Waals surface area contributed by atoms with E-state index >= 15 is 0 Å². The molecule has 108 valence electrons. The molecule has 0 aliphatic carbocycles. The fraction of sp³-hybridized carbons (Fsp3) is 0.500. The van der Waals surface area contributed by atoms with Crippen molar-refractivity contribution in [3.05, 3.63) is 23.8 Å². The number of benzene rings is 1. The molecule has 2 aliphatic heterocycles. The molecule has 2 heterocycles. The van der Waals surface area contributed by atoms with Gasteiger partial charge in [0.1, 0.15) is 0 Å². The van der Waals surface area contributed by atoms with Gasteiger partial charge in [-0.2, -0.15) is 0 Å². The molecule has 2 unspecified atom stereocenters. The van der Waals surface area contributed by atoms with Crippen molar-refractivity contribution < 1.29 is 24.1 Å². The predicted molar refractivity (Wildman–Crippen MR) is 69.9 cm³/mol. The van der Waals surface area contributed by atoms with Crippen molar-refractivity contribution in [1.82, 2.24) is 4.90 Å². The van der Waals surface area contributed by atoms with Crippen LogP contribution in [0.3, 0.4) is 0 Å². The predicted octanol–water partition coefficient (Wildman–Crippen LogP) is 1.26. The molecule has 6 heteroatoms. The van der Waals surface area contributed by atoms with Crippen molar-refractivity contribution in [3.8, 4) is 11.5 Å². The van der Waals surface area contributed by atoms with Crippen LogP contribution in [0.5, 0.6) is 11.5 Å². The van der Waals surface area contributed by atoms with E-state index in [0.29, 0.717) is 13.2 Å². The first-order chi connectivity index (χ1) is 9.65. The van der Waals surface area contributed by atoms with Crippen molar-refractivity contribution >= 4 is 5.97 Å². The van der Waals surface area contributed by atoms with Crippen LogP contribution in [0, 0.1) is 0 Å². The van der Waals surface area contributed by atoms with Gasteiger partial charge in [-0.25, -0.2) is 4.79 Å². The molecule has 1 aromatic carbocycles. The summed E-state index contributed by atoms with van der Waals surface area (Å²) < 4.78 is 15.9. The minimum atomic E-state index is -0.910. The molecule has 6 nitrogen and oxygen atoms in total. The van der Waals surface area contributed by atoms with Crippen LogP contribution in [0.15, 0.2) is 18.2 Å². The highest BCUT2D eigenvalue weighted by atomic mass is 16.7. The molecule has 20 heavy (non-hydrogen) atoms. The van der Waals surface area contributed by atoms with E-state index in [1.807, 2.05) is 18.2 Å². The second-order valence-corrected chi connectivity index (χ2v) is 4.98. The monoisotopic (exact) mass is 279 g/mol. The SMILES string of the molecule is CC(c1ccc2c(c1)OCO2)N1CCOC(C(=O)O)C1. The van der Waals surface area contributed by atoms with Gasteiger partial charge in [-0.15, -0.1) is 0 Å². The maximum Gasteiger partial charge on any atom is 0.334 e. The van der Waals surface area contributed by atoms with E-state index in [-0.39, 0.29) is 12.8 Å². The third-order valence-electron chi connectivity index (χ3n) is 3.80. The summed E-state index contributed by atoms with van der Waals surface area (Å²) in [5, 5.41) is 9.05. The number of carbonyl (C=O) groups is 1. The lowest BCUT2D eigenvalue weighted by Gasteiger charge is -2.35. The molecule has 2 atom stereocenters. The summed E-state index contributed by atoms with van der Waals surface area (Å²) >= 11 is 0. The van der Waals surface area contributed by atoms with Crippen molar-refractivity contribution in [2.75, 3.05) is 26.5 Å². The van der Waals surface area contributed by atoms with E-state index in [1.165, 1.54) is 0 Å². The second-order valence-electron chi connectivity index (χ2n) is 4.98. The molecule has 1 N–H and O–H groups in total. The zero-order valence-electron chi connectivity index (χ0n) is 11.2. The number of nitrogens with zero attached hydrogens (tertiary/aromatic N) is 1. The van der Waals surface area contributed by atoms with Crippen LogP contribution in [0.4, 0.5) is 0 Å². The molecule has 1 fully saturated rings. The molecule has 1 saturated heterocycles. The first-order valence-electron chi connectivity index (χ1n) is 6.63. The molecular weight excluding hydrogens is 262 g/mol. The Hall–Kier alpha value is -1.79. The molecule has 0 saturated carbocycles. The fourth-order valence-corrected chi connectivity index (χ4v) is 2.55. The van der Waals surface area contributed by atoms with E-state index in [9.17, 15) is 4.79 Å². The first kappa shape index (κ1) is 13.2. The number of morpholine rings is 1. The molecule has 2 aliphatic rings. The molecule has 0 amide bonds. The third kappa shape index (κ3) is 2.44. The van der Waals surface area contributed by atoms with Gasteiger partial charge in [-0.05, 0) is 24.6 Å². The largest absolute Gasteiger partial charge is 0.479 e. The number of carboxylic acids is 1. The van der Waals surface area contributed by atoms with E-state index in [4.69, 9.17) is 19.3 Å². The fourth-order valence-electron chi connectivity index (χ4n) is 2.55. The molecule has 0 radical (unpaired) electrons. The van der Waals surface area contributed by atoms with E-state index in [1.54, 1.807) is 0 Å². The number of hydrogen-bond acceptors (Lipinski definition) is 5. The van der Waals surface area contributed by atoms with Crippen LogP contribution in [-0.4, -0.2) is 48.6 Å². The number of rotatable bonds is 3. The van der Waals surface area contributed by atoms with Crippen LogP contribution in [0.25, 0.3) is 0 Å². The van der Waals surface area contributed by atoms with Crippen molar-refractivity contribution in [1.29, 1.82) is 0 Å². The molecular formula is C14H17NO5. The Kier molecular flexibility index (Phi) is 3.50. The first-order valence-corrected chi connectivity index (χ1v) is 6.63. The van der Waals surface area contributed by atoms with Crippen LogP contribution in [-0.2, 0) is 9.53 Å². The second kappa shape index (κ2) is 5.30. The minimum Gasteiger partial charge on any atom is -0.479 e. The Morgan fingerprint density at radius 2 is 2.20 bits per heavy atom. The van der Waals surface area contributed by atoms with Crippen molar-refractivity contribution in [2.24, 2.45) is 0 Å². The standard InChI is InChI=1S/C14H17NO5/c1-9(15-4-5-18-13(7-15)14(16)17)10-2-3-11-12(6-10)20-8-19-11/h2-3,6,9,13H,4-5,7-8H2,1H3,(H,16,17). The maximum atomic E-state index is 11.0. The van der Waals surface area contributed by atoms with Gasteiger partial charge in [0.25, 0.3) is 0 Å². The lowest BCUT2D eigenvalue weighted by molar-refractivity contribution is -0.157. The highest BCUT2D eigenvalue weighted by Gasteiger charge is 2.29. The molecule has 0 spiro atoms. The average Bonchev–Trinajstić information content (AvgIpc) is 2.94. The van der Waals surface area contributed by atoms with Gasteiger partial charge in [0.05, 0.1) is 6.61 Å². The normalized spacial score (nSPS) is 23.6. The number of hydrogen-bond donors (Lipinski definition) is 1. The Morgan fingerprint density at radius 3 is 3.00 bits per heavy atom. The highest BCUT2D eigenvalue weighted by Crippen LogP contribution is 2.35. The van der Waals surface area contributed by atoms with Crippen LogP contribution in [0.2, 0.25) is 0 Å². The number of ether oxygens (including phenoxy) is 3. The van der Waals surface area contributed by atoms with Crippen LogP contribution < -0.4 is 9.47 Å². The lowest BCUT2D eigenvalue weighted by atomic mass is 10.0. The summed E-state index contributed by atoms with van der Waals surface area (Å²) in [6.07, 6.45) is -0.750. The minimum absolute atomic E-state index is 0.107. The van der Waals surface area contributed by atoms with Crippen molar-refractivity contribution in [2.45, 2.75) is 19.1 Å². The van der Waals surface area contributed by atoms with Crippen LogP contribution >= 0.6 is 0 Å². The highest BCUT2D eigenvalue weighted by molar-refractivity contribution is 5.72. The maximum absolute atomic E-state index is 11.0. The van der Waals surface area contributed by atoms with Gasteiger partial charge in [-0.3, -0.25) is 4.90 Å². The Morgan fingerprint density at radius 1 is 1.40 bits per heavy atom. The van der Waals surface area contributed by atoms with E-state index in [0.717, 1.165) is 23.6 Å². The molecule has 1 aromatic rings. The Labute approximate surface area is 116 Å². The number of carboxylic acid groups (broad SMARTS) is 1. The number of aliphatic carboxylic acids is 1. The van der Waals surface area contributed by atoms with E-state index < -0.39 is 12.1 Å². The molecule has 0 aromatic heterocycles. The summed E-state index contributed by atoms with van der Waals surface area (Å²) in [4.78, 5) is 13.1. The molecule has 0 bridgehead atoms. The Balaban J connectivity index is 1.75. The summed E-state index contributed by atoms with van der Waals surface area (Å²) in [5.41, 5.74) is 1.08. The Bertz CT molecular complexity index is 518. The summed E-state index contributed by atoms with van der Waals surface area (Å²) in [7, 11) is 0. The lowest BCUT2D eigenvalue weighted by Crippen LogP contribution is -2.46. The third-order valence-corrected chi connectivity index (χ3v) is 3.80. The van der Waals surface area contributed by atoms with Gasteiger partial charge in [0.2, 0.25) is 6.79 Å². The topological polar surface area (TPSA) is 68.2 Å². The van der Waals surface area contributed by atoms with E-state index in [2.05, 4.69) is 11.8 Å². The molecule has 3 rings (SSSR count). The van der Waals surface area contributed by atoms with Crippen molar-refractivity contribution in [3.63, 3.8) is 0 Å². The van der Waals surface area contributed by atoms with Gasteiger partial charge in [-0.1, -0.05) is 6.07 Å². The van der Waals surface area contributed by atoms with Gasteiger partial charge >= 0.3 is 5.97 Å². The van der Waals surface area contributed by atoms with Crippen LogP contribution in [0.1, 0.15) is 18.5 Å². The quantitative estimate of drug-likeness (QED) is 0.898. The average molecular weight is 279 g/mol. The summed E-state index contributed by atoms with van der Waals surface area (Å²) in [6, 6.07) is 5.94. The van der Waals surface area contributed by atoms with Gasteiger partial charge in [0, 0.05) is 19.1 Å². The summed E-state index contributed by atoms with van der Waals surface area (Å²) in [6.45, 7) is 3.86. The zero-order valence-corrected chi connectivity index (χ0v) is 11.2. The zero-order chi connectivity index (χ0) is 14.1. The summed E-state index contributed by atoms with van der Waals surface area (Å²) in [5.74, 6) is 0.594. The number of fused-ring (bicyclic) bond motifs is 1. The van der Waals surface area contributed by atoms with Gasteiger partial charge < -0.3 is 19.3 Å².